The van der Waals surface area contributed by atoms with Crippen LogP contribution in [0.15, 0.2) is 18.3 Å². The molecule has 1 aromatic heterocycles. The molecule has 2 aromatic rings. The van der Waals surface area contributed by atoms with Gasteiger partial charge in [0.05, 0.1) is 11.1 Å². The SMILES string of the molecule is Cc1cc(C(=O)O)cc2nn(C)cc12. The first-order chi connectivity index (χ1) is 6.58. The van der Waals surface area contributed by atoms with Gasteiger partial charge in [-0.25, -0.2) is 4.79 Å². The van der Waals surface area contributed by atoms with E-state index in [1.807, 2.05) is 20.2 Å². The van der Waals surface area contributed by atoms with Gasteiger partial charge in [0, 0.05) is 18.6 Å². The molecular weight excluding hydrogens is 180 g/mol. The minimum Gasteiger partial charge on any atom is -0.478 e. The number of fused-ring (bicyclic) bond motifs is 1. The fourth-order valence-corrected chi connectivity index (χ4v) is 1.54. The minimum atomic E-state index is -0.916. The monoisotopic (exact) mass is 190 g/mol. The number of hydrogen-bond acceptors (Lipinski definition) is 2. The quantitative estimate of drug-likeness (QED) is 0.742. The lowest BCUT2D eigenvalue weighted by Crippen LogP contribution is -1.96. The molecule has 0 aliphatic heterocycles. The number of hydrogen-bond donors (Lipinski definition) is 1. The van der Waals surface area contributed by atoms with E-state index in [-0.39, 0.29) is 5.56 Å². The van der Waals surface area contributed by atoms with Crippen molar-refractivity contribution < 1.29 is 9.90 Å². The molecule has 1 N–H and O–H groups in total. The van der Waals surface area contributed by atoms with Crippen LogP contribution in [-0.2, 0) is 7.05 Å². The maximum Gasteiger partial charge on any atom is 0.335 e. The molecule has 2 rings (SSSR count). The molecule has 72 valence electrons. The van der Waals surface area contributed by atoms with Gasteiger partial charge in [-0.2, -0.15) is 5.10 Å². The Labute approximate surface area is 80.8 Å². The molecule has 14 heavy (non-hydrogen) atoms. The molecule has 0 saturated heterocycles. The number of aromatic nitrogens is 2. The lowest BCUT2D eigenvalue weighted by atomic mass is 10.1. The van der Waals surface area contributed by atoms with E-state index in [1.54, 1.807) is 16.8 Å². The highest BCUT2D eigenvalue weighted by Gasteiger charge is 2.08. The molecule has 0 atom stereocenters. The number of benzene rings is 1. The van der Waals surface area contributed by atoms with Crippen molar-refractivity contribution in [2.24, 2.45) is 7.05 Å². The van der Waals surface area contributed by atoms with Crippen LogP contribution in [0.1, 0.15) is 15.9 Å². The Balaban J connectivity index is 2.77. The van der Waals surface area contributed by atoms with Crippen LogP contribution >= 0.6 is 0 Å². The van der Waals surface area contributed by atoms with E-state index in [2.05, 4.69) is 5.10 Å². The molecule has 0 bridgehead atoms. The van der Waals surface area contributed by atoms with Gasteiger partial charge >= 0.3 is 5.97 Å². The predicted octanol–water partition coefficient (Wildman–Crippen LogP) is 1.58. The maximum absolute atomic E-state index is 10.8. The van der Waals surface area contributed by atoms with Crippen LogP contribution in [-0.4, -0.2) is 20.9 Å². The van der Waals surface area contributed by atoms with Gasteiger partial charge in [-0.15, -0.1) is 0 Å². The van der Waals surface area contributed by atoms with E-state index in [4.69, 9.17) is 5.11 Å². The van der Waals surface area contributed by atoms with Crippen molar-refractivity contribution in [3.63, 3.8) is 0 Å². The van der Waals surface area contributed by atoms with Gasteiger partial charge in [0.1, 0.15) is 0 Å². The highest BCUT2D eigenvalue weighted by molar-refractivity contribution is 5.94. The van der Waals surface area contributed by atoms with E-state index in [0.717, 1.165) is 16.5 Å². The molecule has 0 aliphatic rings. The van der Waals surface area contributed by atoms with Crippen LogP contribution in [0, 0.1) is 6.92 Å². The highest BCUT2D eigenvalue weighted by atomic mass is 16.4. The average Bonchev–Trinajstić information content (AvgIpc) is 2.45. The molecule has 0 amide bonds. The molecule has 0 radical (unpaired) electrons. The molecule has 0 spiro atoms. The van der Waals surface area contributed by atoms with Crippen molar-refractivity contribution in [1.82, 2.24) is 9.78 Å². The zero-order chi connectivity index (χ0) is 10.3. The van der Waals surface area contributed by atoms with Crippen molar-refractivity contribution >= 4 is 16.9 Å². The standard InChI is InChI=1S/C10H10N2O2/c1-6-3-7(10(13)14)4-9-8(6)5-12(2)11-9/h3-5H,1-2H3,(H,13,14). The summed E-state index contributed by atoms with van der Waals surface area (Å²) in [6, 6.07) is 3.25. The lowest BCUT2D eigenvalue weighted by molar-refractivity contribution is 0.0697. The number of carbonyl (C=O) groups is 1. The van der Waals surface area contributed by atoms with E-state index < -0.39 is 5.97 Å². The fourth-order valence-electron chi connectivity index (χ4n) is 1.54. The summed E-state index contributed by atoms with van der Waals surface area (Å²) in [7, 11) is 1.82. The smallest absolute Gasteiger partial charge is 0.335 e. The molecule has 4 heteroatoms. The van der Waals surface area contributed by atoms with Crippen molar-refractivity contribution in [3.05, 3.63) is 29.5 Å². The van der Waals surface area contributed by atoms with Crippen LogP contribution in [0.2, 0.25) is 0 Å². The first-order valence-corrected chi connectivity index (χ1v) is 4.25. The summed E-state index contributed by atoms with van der Waals surface area (Å²) in [4.78, 5) is 10.8. The van der Waals surface area contributed by atoms with Crippen LogP contribution in [0.4, 0.5) is 0 Å². The van der Waals surface area contributed by atoms with Gasteiger partial charge in [-0.05, 0) is 24.6 Å². The summed E-state index contributed by atoms with van der Waals surface area (Å²) in [5.41, 5.74) is 1.95. The van der Waals surface area contributed by atoms with Crippen LogP contribution in [0.3, 0.4) is 0 Å². The van der Waals surface area contributed by atoms with E-state index in [0.29, 0.717) is 0 Å². The minimum absolute atomic E-state index is 0.286. The second kappa shape index (κ2) is 2.83. The molecule has 0 unspecified atom stereocenters. The molecule has 0 saturated carbocycles. The number of rotatable bonds is 1. The Hall–Kier alpha value is -1.84. The Morgan fingerprint density at radius 3 is 2.86 bits per heavy atom. The van der Waals surface area contributed by atoms with E-state index >= 15 is 0 Å². The number of carboxylic acid groups (broad SMARTS) is 1. The summed E-state index contributed by atoms with van der Waals surface area (Å²) in [5.74, 6) is -0.916. The van der Waals surface area contributed by atoms with Gasteiger partial charge in [0.25, 0.3) is 0 Å². The zero-order valence-electron chi connectivity index (χ0n) is 7.98. The first-order valence-electron chi connectivity index (χ1n) is 4.25. The lowest BCUT2D eigenvalue weighted by Gasteiger charge is -1.97. The molecule has 4 nitrogen and oxygen atoms in total. The second-order valence-electron chi connectivity index (χ2n) is 3.33. The van der Waals surface area contributed by atoms with Gasteiger partial charge in [-0.3, -0.25) is 4.68 Å². The van der Waals surface area contributed by atoms with Crippen LogP contribution in [0.25, 0.3) is 10.9 Å². The number of nitrogens with zero attached hydrogens (tertiary/aromatic N) is 2. The maximum atomic E-state index is 10.8. The second-order valence-corrected chi connectivity index (χ2v) is 3.33. The van der Waals surface area contributed by atoms with Crippen molar-refractivity contribution in [3.8, 4) is 0 Å². The van der Waals surface area contributed by atoms with Gasteiger partial charge in [0.15, 0.2) is 0 Å². The van der Waals surface area contributed by atoms with Crippen molar-refractivity contribution in [2.75, 3.05) is 0 Å². The van der Waals surface area contributed by atoms with Gasteiger partial charge in [-0.1, -0.05) is 0 Å². The third-order valence-electron chi connectivity index (χ3n) is 2.19. The number of carboxylic acids is 1. The number of aryl methyl sites for hydroxylation is 2. The topological polar surface area (TPSA) is 55.1 Å². The Bertz CT molecular complexity index is 514. The predicted molar refractivity (Wildman–Crippen MR) is 52.4 cm³/mol. The summed E-state index contributed by atoms with van der Waals surface area (Å²) >= 11 is 0. The normalized spacial score (nSPS) is 10.7. The molecule has 0 fully saturated rings. The van der Waals surface area contributed by atoms with Crippen LogP contribution < -0.4 is 0 Å². The Morgan fingerprint density at radius 1 is 1.50 bits per heavy atom. The van der Waals surface area contributed by atoms with Crippen molar-refractivity contribution in [1.29, 1.82) is 0 Å². The zero-order valence-corrected chi connectivity index (χ0v) is 7.98. The largest absolute Gasteiger partial charge is 0.478 e. The van der Waals surface area contributed by atoms with Gasteiger partial charge < -0.3 is 5.11 Å². The Kier molecular flexibility index (Phi) is 1.77. The molecule has 1 aromatic carbocycles. The molecule has 1 heterocycles. The summed E-state index contributed by atoms with van der Waals surface area (Å²) in [6.07, 6.45) is 1.89. The first kappa shape index (κ1) is 8.74. The number of aromatic carboxylic acids is 1. The summed E-state index contributed by atoms with van der Waals surface area (Å²) in [6.45, 7) is 1.89. The third kappa shape index (κ3) is 1.25. The molecular formula is C10H10N2O2. The van der Waals surface area contributed by atoms with Crippen LogP contribution in [0.5, 0.6) is 0 Å². The summed E-state index contributed by atoms with van der Waals surface area (Å²) < 4.78 is 1.68. The summed E-state index contributed by atoms with van der Waals surface area (Å²) in [5, 5.41) is 14.0. The Morgan fingerprint density at radius 2 is 2.21 bits per heavy atom. The van der Waals surface area contributed by atoms with E-state index in [1.165, 1.54) is 0 Å². The average molecular weight is 190 g/mol. The molecule has 0 aliphatic carbocycles. The third-order valence-corrected chi connectivity index (χ3v) is 2.19. The van der Waals surface area contributed by atoms with E-state index in [9.17, 15) is 4.79 Å². The highest BCUT2D eigenvalue weighted by Crippen LogP contribution is 2.18. The van der Waals surface area contributed by atoms with Gasteiger partial charge in [0.2, 0.25) is 0 Å². The fraction of sp³-hybridized carbons (Fsp3) is 0.200. The van der Waals surface area contributed by atoms with Crippen molar-refractivity contribution in [2.45, 2.75) is 6.92 Å².